The Bertz CT molecular complexity index is 430. The minimum atomic E-state index is 0.806. The standard InChI is InChI=1S/C12H15NOS/c1-3-13-8-10-4-5-11(14-10)12-9(2)6-7-15-12/h4-7,13H,3,8H2,1-2H3. The maximum absolute atomic E-state index is 5.76. The molecule has 0 aliphatic carbocycles. The van der Waals surface area contributed by atoms with Crippen LogP contribution in [0.5, 0.6) is 0 Å². The predicted octanol–water partition coefficient (Wildman–Crippen LogP) is 3.43. The van der Waals surface area contributed by atoms with Gasteiger partial charge in [-0.15, -0.1) is 11.3 Å². The van der Waals surface area contributed by atoms with Gasteiger partial charge in [-0.05, 0) is 42.6 Å². The van der Waals surface area contributed by atoms with E-state index in [-0.39, 0.29) is 0 Å². The molecule has 2 aromatic rings. The lowest BCUT2D eigenvalue weighted by Gasteiger charge is -1.97. The Balaban J connectivity index is 2.17. The molecule has 2 nitrogen and oxygen atoms in total. The van der Waals surface area contributed by atoms with Crippen molar-refractivity contribution in [3.05, 3.63) is 34.9 Å². The summed E-state index contributed by atoms with van der Waals surface area (Å²) in [6, 6.07) is 6.20. The van der Waals surface area contributed by atoms with Crippen LogP contribution in [0.15, 0.2) is 28.0 Å². The summed E-state index contributed by atoms with van der Waals surface area (Å²) in [5, 5.41) is 5.34. The second-order valence-corrected chi connectivity index (χ2v) is 4.40. The van der Waals surface area contributed by atoms with Gasteiger partial charge < -0.3 is 9.73 Å². The number of thiophene rings is 1. The van der Waals surface area contributed by atoms with Crippen molar-refractivity contribution in [1.82, 2.24) is 5.32 Å². The van der Waals surface area contributed by atoms with Crippen molar-refractivity contribution in [2.75, 3.05) is 6.54 Å². The van der Waals surface area contributed by atoms with Gasteiger partial charge >= 0.3 is 0 Å². The van der Waals surface area contributed by atoms with Crippen LogP contribution in [0.4, 0.5) is 0 Å². The highest BCUT2D eigenvalue weighted by atomic mass is 32.1. The first kappa shape index (κ1) is 10.5. The quantitative estimate of drug-likeness (QED) is 0.855. The smallest absolute Gasteiger partial charge is 0.144 e. The van der Waals surface area contributed by atoms with Crippen molar-refractivity contribution < 1.29 is 4.42 Å². The molecular formula is C12H15NOS. The van der Waals surface area contributed by atoms with Crippen molar-refractivity contribution in [2.24, 2.45) is 0 Å². The summed E-state index contributed by atoms with van der Waals surface area (Å²) < 4.78 is 5.76. The average Bonchev–Trinajstić information content (AvgIpc) is 2.83. The second-order valence-electron chi connectivity index (χ2n) is 3.48. The van der Waals surface area contributed by atoms with Gasteiger partial charge in [-0.25, -0.2) is 0 Å². The summed E-state index contributed by atoms with van der Waals surface area (Å²) in [4.78, 5) is 1.23. The first-order valence-corrected chi connectivity index (χ1v) is 6.03. The van der Waals surface area contributed by atoms with Gasteiger partial charge in [-0.3, -0.25) is 0 Å². The normalized spacial score (nSPS) is 10.8. The highest BCUT2D eigenvalue weighted by molar-refractivity contribution is 7.13. The van der Waals surface area contributed by atoms with Gasteiger partial charge in [-0.2, -0.15) is 0 Å². The van der Waals surface area contributed by atoms with E-state index in [1.54, 1.807) is 11.3 Å². The molecule has 1 N–H and O–H groups in total. The van der Waals surface area contributed by atoms with Crippen LogP contribution in [0.3, 0.4) is 0 Å². The molecule has 0 aliphatic rings. The van der Waals surface area contributed by atoms with E-state index < -0.39 is 0 Å². The van der Waals surface area contributed by atoms with E-state index in [4.69, 9.17) is 4.42 Å². The third-order valence-electron chi connectivity index (χ3n) is 2.30. The van der Waals surface area contributed by atoms with Gasteiger partial charge in [0, 0.05) is 0 Å². The largest absolute Gasteiger partial charge is 0.459 e. The molecule has 2 rings (SSSR count). The first-order valence-electron chi connectivity index (χ1n) is 5.15. The number of aryl methyl sites for hydroxylation is 1. The summed E-state index contributed by atoms with van der Waals surface area (Å²) in [7, 11) is 0. The van der Waals surface area contributed by atoms with Gasteiger partial charge in [0.15, 0.2) is 0 Å². The molecule has 2 heterocycles. The highest BCUT2D eigenvalue weighted by Gasteiger charge is 2.07. The summed E-state index contributed by atoms with van der Waals surface area (Å²) in [6.45, 7) is 5.97. The maximum Gasteiger partial charge on any atom is 0.144 e. The van der Waals surface area contributed by atoms with Gasteiger partial charge in [0.25, 0.3) is 0 Å². The molecule has 0 unspecified atom stereocenters. The highest BCUT2D eigenvalue weighted by Crippen LogP contribution is 2.30. The van der Waals surface area contributed by atoms with E-state index in [0.717, 1.165) is 24.6 Å². The van der Waals surface area contributed by atoms with E-state index >= 15 is 0 Å². The molecule has 2 aromatic heterocycles. The van der Waals surface area contributed by atoms with Crippen molar-refractivity contribution in [3.8, 4) is 10.6 Å². The zero-order chi connectivity index (χ0) is 10.7. The molecule has 0 radical (unpaired) electrons. The first-order chi connectivity index (χ1) is 7.31. The van der Waals surface area contributed by atoms with Gasteiger partial charge in [0.2, 0.25) is 0 Å². The molecule has 0 fully saturated rings. The molecule has 0 saturated carbocycles. The minimum absolute atomic E-state index is 0.806. The number of rotatable bonds is 4. The fraction of sp³-hybridized carbons (Fsp3) is 0.333. The minimum Gasteiger partial charge on any atom is -0.459 e. The Morgan fingerprint density at radius 2 is 2.20 bits per heavy atom. The van der Waals surface area contributed by atoms with Crippen molar-refractivity contribution >= 4 is 11.3 Å². The molecule has 0 aliphatic heterocycles. The zero-order valence-electron chi connectivity index (χ0n) is 9.04. The van der Waals surface area contributed by atoms with Crippen LogP contribution in [0.1, 0.15) is 18.2 Å². The third-order valence-corrected chi connectivity index (χ3v) is 3.33. The Kier molecular flexibility index (Phi) is 3.23. The van der Waals surface area contributed by atoms with Crippen LogP contribution in [0.2, 0.25) is 0 Å². The lowest BCUT2D eigenvalue weighted by molar-refractivity contribution is 0.499. The van der Waals surface area contributed by atoms with Gasteiger partial charge in [0.1, 0.15) is 11.5 Å². The lowest BCUT2D eigenvalue weighted by Crippen LogP contribution is -2.10. The predicted molar refractivity (Wildman–Crippen MR) is 64.1 cm³/mol. The fourth-order valence-electron chi connectivity index (χ4n) is 1.47. The molecule has 80 valence electrons. The second kappa shape index (κ2) is 4.64. The Labute approximate surface area is 93.9 Å². The monoisotopic (exact) mass is 221 g/mol. The van der Waals surface area contributed by atoms with Crippen LogP contribution >= 0.6 is 11.3 Å². The van der Waals surface area contributed by atoms with Gasteiger partial charge in [-0.1, -0.05) is 6.92 Å². The van der Waals surface area contributed by atoms with E-state index in [1.807, 2.05) is 12.1 Å². The maximum atomic E-state index is 5.76. The van der Waals surface area contributed by atoms with Gasteiger partial charge in [0.05, 0.1) is 11.4 Å². The zero-order valence-corrected chi connectivity index (χ0v) is 9.86. The molecule has 0 aromatic carbocycles. The summed E-state index contributed by atoms with van der Waals surface area (Å²) >= 11 is 1.73. The summed E-state index contributed by atoms with van der Waals surface area (Å²) in [5.74, 6) is 1.98. The molecule has 0 amide bonds. The third kappa shape index (κ3) is 2.30. The summed E-state index contributed by atoms with van der Waals surface area (Å²) in [6.07, 6.45) is 0. The van der Waals surface area contributed by atoms with Crippen LogP contribution in [-0.2, 0) is 6.54 Å². The topological polar surface area (TPSA) is 25.2 Å². The number of hydrogen-bond acceptors (Lipinski definition) is 3. The van der Waals surface area contributed by atoms with Crippen molar-refractivity contribution in [1.29, 1.82) is 0 Å². The molecule has 3 heteroatoms. The number of furan rings is 1. The van der Waals surface area contributed by atoms with Crippen LogP contribution in [-0.4, -0.2) is 6.54 Å². The fourth-order valence-corrected chi connectivity index (χ4v) is 2.36. The number of hydrogen-bond donors (Lipinski definition) is 1. The molecule has 0 spiro atoms. The average molecular weight is 221 g/mol. The summed E-state index contributed by atoms with van der Waals surface area (Å²) in [5.41, 5.74) is 1.28. The Hall–Kier alpha value is -1.06. The van der Waals surface area contributed by atoms with E-state index in [9.17, 15) is 0 Å². The Morgan fingerprint density at radius 3 is 2.87 bits per heavy atom. The lowest BCUT2D eigenvalue weighted by atomic mass is 10.2. The van der Waals surface area contributed by atoms with E-state index in [2.05, 4.69) is 30.6 Å². The van der Waals surface area contributed by atoms with E-state index in [1.165, 1.54) is 10.4 Å². The SMILES string of the molecule is CCNCc1ccc(-c2sccc2C)o1. The van der Waals surface area contributed by atoms with Crippen LogP contribution < -0.4 is 5.32 Å². The number of nitrogens with one attached hydrogen (secondary N) is 1. The molecule has 0 atom stereocenters. The van der Waals surface area contributed by atoms with Crippen LogP contribution in [0, 0.1) is 6.92 Å². The van der Waals surface area contributed by atoms with E-state index in [0.29, 0.717) is 0 Å². The molecule has 15 heavy (non-hydrogen) atoms. The Morgan fingerprint density at radius 1 is 1.33 bits per heavy atom. The molecular weight excluding hydrogens is 206 g/mol. The molecule has 0 bridgehead atoms. The van der Waals surface area contributed by atoms with Crippen LogP contribution in [0.25, 0.3) is 10.6 Å². The molecule has 0 saturated heterocycles. The van der Waals surface area contributed by atoms with Crippen molar-refractivity contribution in [3.63, 3.8) is 0 Å². The van der Waals surface area contributed by atoms with Crippen molar-refractivity contribution in [2.45, 2.75) is 20.4 Å².